The number of hydrogen-bond acceptors (Lipinski definition) is 6. The molecule has 1 aliphatic rings. The van der Waals surface area contributed by atoms with E-state index < -0.39 is 16.3 Å². The van der Waals surface area contributed by atoms with Gasteiger partial charge in [-0.1, -0.05) is 0 Å². The van der Waals surface area contributed by atoms with Gasteiger partial charge in [0.05, 0.1) is 6.61 Å². The van der Waals surface area contributed by atoms with Crippen LogP contribution in [-0.2, 0) is 14.9 Å². The van der Waals surface area contributed by atoms with Crippen molar-refractivity contribution in [1.29, 1.82) is 0 Å². The first kappa shape index (κ1) is 17.2. The Morgan fingerprint density at radius 1 is 1.30 bits per heavy atom. The first-order chi connectivity index (χ1) is 9.49. The van der Waals surface area contributed by atoms with Crippen LogP contribution in [0.5, 0.6) is 0 Å². The van der Waals surface area contributed by atoms with Crippen molar-refractivity contribution in [3.63, 3.8) is 0 Å². The van der Waals surface area contributed by atoms with Gasteiger partial charge < -0.3 is 15.4 Å². The van der Waals surface area contributed by atoms with Crippen molar-refractivity contribution in [2.75, 3.05) is 45.9 Å². The van der Waals surface area contributed by atoms with E-state index in [9.17, 15) is 13.2 Å². The smallest absolute Gasteiger partial charge is 0.421 e. The molecule has 1 fully saturated rings. The van der Waals surface area contributed by atoms with E-state index in [0.717, 1.165) is 25.9 Å². The summed E-state index contributed by atoms with van der Waals surface area (Å²) < 4.78 is 31.8. The average molecular weight is 308 g/mol. The molecular formula is C11H24N4O4S. The normalized spacial score (nSPS) is 18.5. The van der Waals surface area contributed by atoms with E-state index in [4.69, 9.17) is 5.73 Å². The fourth-order valence-corrected chi connectivity index (χ4v) is 3.15. The monoisotopic (exact) mass is 308 g/mol. The lowest BCUT2D eigenvalue weighted by Crippen LogP contribution is -2.45. The SMILES string of the molecule is CCOC(=O)NS(=O)(=O)N1CCCN(CCCN)CC1. The lowest BCUT2D eigenvalue weighted by molar-refractivity contribution is 0.158. The molecule has 1 amide bonds. The van der Waals surface area contributed by atoms with Crippen LogP contribution in [0, 0.1) is 0 Å². The summed E-state index contributed by atoms with van der Waals surface area (Å²) in [5.41, 5.74) is 5.47. The second kappa shape index (κ2) is 8.40. The van der Waals surface area contributed by atoms with Gasteiger partial charge in [0.1, 0.15) is 0 Å². The molecule has 1 heterocycles. The minimum Gasteiger partial charge on any atom is -0.449 e. The Bertz CT molecular complexity index is 401. The summed E-state index contributed by atoms with van der Waals surface area (Å²) in [5, 5.41) is 0. The zero-order valence-electron chi connectivity index (χ0n) is 11.9. The van der Waals surface area contributed by atoms with Crippen molar-refractivity contribution in [1.82, 2.24) is 13.9 Å². The van der Waals surface area contributed by atoms with Crippen LogP contribution in [0.15, 0.2) is 0 Å². The highest BCUT2D eigenvalue weighted by Gasteiger charge is 2.26. The summed E-state index contributed by atoms with van der Waals surface area (Å²) in [4.78, 5) is 13.4. The van der Waals surface area contributed by atoms with E-state index >= 15 is 0 Å². The second-order valence-corrected chi connectivity index (χ2v) is 6.23. The Morgan fingerprint density at radius 3 is 2.70 bits per heavy atom. The largest absolute Gasteiger partial charge is 0.449 e. The highest BCUT2D eigenvalue weighted by Crippen LogP contribution is 2.07. The van der Waals surface area contributed by atoms with Crippen molar-refractivity contribution in [2.45, 2.75) is 19.8 Å². The molecular weight excluding hydrogens is 284 g/mol. The first-order valence-electron chi connectivity index (χ1n) is 6.86. The van der Waals surface area contributed by atoms with Gasteiger partial charge in [0.15, 0.2) is 0 Å². The van der Waals surface area contributed by atoms with Crippen molar-refractivity contribution >= 4 is 16.3 Å². The molecule has 0 aromatic heterocycles. The summed E-state index contributed by atoms with van der Waals surface area (Å²) in [5.74, 6) is 0. The number of amides is 1. The minimum atomic E-state index is -3.81. The van der Waals surface area contributed by atoms with E-state index in [2.05, 4.69) is 9.64 Å². The third-order valence-electron chi connectivity index (χ3n) is 3.05. The van der Waals surface area contributed by atoms with Crippen molar-refractivity contribution in [3.05, 3.63) is 0 Å². The zero-order valence-corrected chi connectivity index (χ0v) is 12.7. The van der Waals surface area contributed by atoms with E-state index in [1.54, 1.807) is 6.92 Å². The zero-order chi connectivity index (χ0) is 15.0. The molecule has 118 valence electrons. The molecule has 20 heavy (non-hydrogen) atoms. The van der Waals surface area contributed by atoms with Gasteiger partial charge in [0.25, 0.3) is 0 Å². The third-order valence-corrected chi connectivity index (χ3v) is 4.52. The summed E-state index contributed by atoms with van der Waals surface area (Å²) in [6, 6.07) is 0. The number of nitrogens with two attached hydrogens (primary N) is 1. The molecule has 0 bridgehead atoms. The number of nitrogens with one attached hydrogen (secondary N) is 1. The quantitative estimate of drug-likeness (QED) is 0.674. The summed E-state index contributed by atoms with van der Waals surface area (Å²) in [7, 11) is -3.81. The number of carbonyl (C=O) groups is 1. The van der Waals surface area contributed by atoms with Gasteiger partial charge in [-0.25, -0.2) is 9.52 Å². The molecule has 1 rings (SSSR count). The highest BCUT2D eigenvalue weighted by atomic mass is 32.2. The van der Waals surface area contributed by atoms with E-state index in [0.29, 0.717) is 26.2 Å². The van der Waals surface area contributed by atoms with Gasteiger partial charge in [0, 0.05) is 19.6 Å². The Balaban J connectivity index is 2.52. The van der Waals surface area contributed by atoms with E-state index in [1.807, 2.05) is 4.72 Å². The maximum atomic E-state index is 12.0. The van der Waals surface area contributed by atoms with Crippen molar-refractivity contribution < 1.29 is 17.9 Å². The number of nitrogens with zero attached hydrogens (tertiary/aromatic N) is 2. The van der Waals surface area contributed by atoms with Crippen molar-refractivity contribution in [3.8, 4) is 0 Å². The van der Waals surface area contributed by atoms with E-state index in [-0.39, 0.29) is 6.61 Å². The number of carbonyl (C=O) groups excluding carboxylic acids is 1. The van der Waals surface area contributed by atoms with Gasteiger partial charge in [-0.05, 0) is 39.4 Å². The fraction of sp³-hybridized carbons (Fsp3) is 0.909. The van der Waals surface area contributed by atoms with Crippen LogP contribution in [-0.4, -0.2) is 69.6 Å². The number of ether oxygens (including phenoxy) is 1. The van der Waals surface area contributed by atoms with Crippen LogP contribution in [0.2, 0.25) is 0 Å². The lowest BCUT2D eigenvalue weighted by Gasteiger charge is -2.21. The van der Waals surface area contributed by atoms with Gasteiger partial charge >= 0.3 is 16.3 Å². The van der Waals surface area contributed by atoms with Crippen LogP contribution in [0.25, 0.3) is 0 Å². The fourth-order valence-electron chi connectivity index (χ4n) is 2.06. The molecule has 0 saturated carbocycles. The minimum absolute atomic E-state index is 0.133. The van der Waals surface area contributed by atoms with Crippen LogP contribution in [0.4, 0.5) is 4.79 Å². The molecule has 1 saturated heterocycles. The molecule has 0 spiro atoms. The molecule has 0 radical (unpaired) electrons. The number of rotatable bonds is 6. The van der Waals surface area contributed by atoms with Gasteiger partial charge in [-0.2, -0.15) is 12.7 Å². The van der Waals surface area contributed by atoms with E-state index in [1.165, 1.54) is 4.31 Å². The maximum Gasteiger partial charge on any atom is 0.421 e. The molecule has 9 heteroatoms. The predicted octanol–water partition coefficient (Wildman–Crippen LogP) is -0.666. The Kier molecular flexibility index (Phi) is 7.20. The predicted molar refractivity (Wildman–Crippen MR) is 75.4 cm³/mol. The molecule has 1 aliphatic heterocycles. The third kappa shape index (κ3) is 5.61. The molecule has 8 nitrogen and oxygen atoms in total. The van der Waals surface area contributed by atoms with Gasteiger partial charge in [-0.15, -0.1) is 0 Å². The molecule has 0 atom stereocenters. The second-order valence-electron chi connectivity index (χ2n) is 4.56. The first-order valence-corrected chi connectivity index (χ1v) is 8.30. The lowest BCUT2D eigenvalue weighted by atomic mass is 10.3. The summed E-state index contributed by atoms with van der Waals surface area (Å²) in [6.45, 7) is 5.49. The Morgan fingerprint density at radius 2 is 2.05 bits per heavy atom. The topological polar surface area (TPSA) is 105 Å². The molecule has 0 aromatic rings. The molecule has 0 unspecified atom stereocenters. The van der Waals surface area contributed by atoms with Crippen LogP contribution >= 0.6 is 0 Å². The molecule has 0 aliphatic carbocycles. The summed E-state index contributed by atoms with van der Waals surface area (Å²) >= 11 is 0. The molecule has 0 aromatic carbocycles. The number of hydrogen-bond donors (Lipinski definition) is 2. The molecule has 3 N–H and O–H groups in total. The van der Waals surface area contributed by atoms with Crippen LogP contribution in [0.3, 0.4) is 0 Å². The maximum absolute atomic E-state index is 12.0. The van der Waals surface area contributed by atoms with Gasteiger partial charge in [-0.3, -0.25) is 0 Å². The Hall–Kier alpha value is -0.900. The van der Waals surface area contributed by atoms with Gasteiger partial charge in [0.2, 0.25) is 0 Å². The van der Waals surface area contributed by atoms with Crippen LogP contribution < -0.4 is 10.5 Å². The highest BCUT2D eigenvalue weighted by molar-refractivity contribution is 7.87. The standard InChI is InChI=1S/C11H24N4O4S/c1-2-19-11(16)13-20(17,18)15-8-4-7-14(9-10-15)6-3-5-12/h2-10,12H2,1H3,(H,13,16). The average Bonchev–Trinajstić information content (AvgIpc) is 2.61. The Labute approximate surface area is 120 Å². The van der Waals surface area contributed by atoms with Crippen LogP contribution in [0.1, 0.15) is 19.8 Å². The summed E-state index contributed by atoms with van der Waals surface area (Å²) in [6.07, 6.45) is 0.694. The van der Waals surface area contributed by atoms with Crippen molar-refractivity contribution in [2.24, 2.45) is 5.73 Å².